The van der Waals surface area contributed by atoms with E-state index in [1.54, 1.807) is 31.6 Å². The Morgan fingerprint density at radius 1 is 1.39 bits per heavy atom. The van der Waals surface area contributed by atoms with Gasteiger partial charge in [0.1, 0.15) is 17.9 Å². The summed E-state index contributed by atoms with van der Waals surface area (Å²) in [5.74, 6) is 0.327. The molecule has 0 saturated heterocycles. The van der Waals surface area contributed by atoms with Crippen molar-refractivity contribution in [3.8, 4) is 5.75 Å². The number of ether oxygens (including phenoxy) is 2. The number of nitrogens with zero attached hydrogens (tertiary/aromatic N) is 3. The predicted octanol–water partition coefficient (Wildman–Crippen LogP) is 3.07. The van der Waals surface area contributed by atoms with E-state index in [-0.39, 0.29) is 12.6 Å². The highest BCUT2D eigenvalue weighted by atomic mass is 16.5. The molecular weight excluding hydrogens is 294 g/mol. The molecule has 23 heavy (non-hydrogen) atoms. The zero-order chi connectivity index (χ0) is 16.2. The van der Waals surface area contributed by atoms with Gasteiger partial charge < -0.3 is 9.47 Å². The van der Waals surface area contributed by atoms with Crippen LogP contribution in [0.15, 0.2) is 24.5 Å². The Labute approximate surface area is 135 Å². The van der Waals surface area contributed by atoms with Crippen molar-refractivity contribution in [2.75, 3.05) is 7.11 Å². The van der Waals surface area contributed by atoms with E-state index >= 15 is 0 Å². The van der Waals surface area contributed by atoms with Crippen LogP contribution in [0.5, 0.6) is 5.75 Å². The van der Waals surface area contributed by atoms with Gasteiger partial charge in [-0.1, -0.05) is 12.8 Å². The Balaban J connectivity index is 1.66. The summed E-state index contributed by atoms with van der Waals surface area (Å²) in [5, 5.41) is 4.38. The van der Waals surface area contributed by atoms with Gasteiger partial charge in [0.05, 0.1) is 30.7 Å². The predicted molar refractivity (Wildman–Crippen MR) is 84.4 cm³/mol. The lowest BCUT2D eigenvalue weighted by Crippen LogP contribution is -2.11. The summed E-state index contributed by atoms with van der Waals surface area (Å²) in [6, 6.07) is 3.92. The molecule has 0 amide bonds. The zero-order valence-corrected chi connectivity index (χ0v) is 13.5. The number of methoxy groups -OCH3 is 1. The molecule has 1 aliphatic rings. The van der Waals surface area contributed by atoms with Gasteiger partial charge in [-0.2, -0.15) is 5.10 Å². The number of rotatable bonds is 5. The van der Waals surface area contributed by atoms with Crippen LogP contribution in [0.1, 0.15) is 53.5 Å². The van der Waals surface area contributed by atoms with Gasteiger partial charge in [0, 0.05) is 12.3 Å². The summed E-state index contributed by atoms with van der Waals surface area (Å²) in [6.45, 7) is 2.04. The molecule has 122 valence electrons. The highest BCUT2D eigenvalue weighted by Gasteiger charge is 2.23. The molecule has 0 aliphatic heterocycles. The van der Waals surface area contributed by atoms with Crippen LogP contribution in [0, 0.1) is 6.92 Å². The van der Waals surface area contributed by atoms with E-state index in [0.29, 0.717) is 23.0 Å². The van der Waals surface area contributed by atoms with Crippen LogP contribution in [0.4, 0.5) is 0 Å². The fraction of sp³-hybridized carbons (Fsp3) is 0.471. The molecule has 0 N–H and O–H groups in total. The molecule has 2 heterocycles. The molecule has 0 aromatic carbocycles. The molecule has 1 saturated carbocycles. The largest absolute Gasteiger partial charge is 0.497 e. The maximum absolute atomic E-state index is 12.3. The van der Waals surface area contributed by atoms with Crippen molar-refractivity contribution in [1.82, 2.24) is 14.8 Å². The molecule has 0 bridgehead atoms. The van der Waals surface area contributed by atoms with Crippen LogP contribution >= 0.6 is 0 Å². The molecule has 2 aromatic rings. The van der Waals surface area contributed by atoms with Crippen LogP contribution in [0.25, 0.3) is 0 Å². The van der Waals surface area contributed by atoms with E-state index in [0.717, 1.165) is 18.5 Å². The number of esters is 1. The van der Waals surface area contributed by atoms with E-state index in [1.165, 1.54) is 12.8 Å². The number of carbonyl (C=O) groups excluding carboxylic acids is 1. The monoisotopic (exact) mass is 315 g/mol. The molecule has 0 radical (unpaired) electrons. The van der Waals surface area contributed by atoms with E-state index in [9.17, 15) is 4.79 Å². The van der Waals surface area contributed by atoms with Crippen LogP contribution in [0.3, 0.4) is 0 Å². The van der Waals surface area contributed by atoms with Gasteiger partial charge in [0.15, 0.2) is 0 Å². The summed E-state index contributed by atoms with van der Waals surface area (Å²) < 4.78 is 12.5. The lowest BCUT2D eigenvalue weighted by Gasteiger charge is -2.12. The summed E-state index contributed by atoms with van der Waals surface area (Å²) in [4.78, 5) is 16.5. The lowest BCUT2D eigenvalue weighted by atomic mass is 10.2. The second-order valence-corrected chi connectivity index (χ2v) is 5.79. The standard InChI is InChI=1S/C17H21N3O3/c1-12-16(10-19-20(12)14-5-3-4-6-14)17(21)23-11-13-9-15(22-2)7-8-18-13/h7-10,14H,3-6,11H2,1-2H3. The summed E-state index contributed by atoms with van der Waals surface area (Å²) in [6.07, 6.45) is 7.95. The molecule has 0 atom stereocenters. The van der Waals surface area contributed by atoms with Crippen LogP contribution < -0.4 is 4.74 Å². The zero-order valence-electron chi connectivity index (χ0n) is 13.5. The SMILES string of the molecule is COc1ccnc(COC(=O)c2cnn(C3CCCC3)c2C)c1. The molecule has 0 unspecified atom stereocenters. The maximum Gasteiger partial charge on any atom is 0.342 e. The fourth-order valence-corrected chi connectivity index (χ4v) is 3.02. The summed E-state index contributed by atoms with van der Waals surface area (Å²) in [7, 11) is 1.59. The van der Waals surface area contributed by atoms with Gasteiger partial charge >= 0.3 is 5.97 Å². The minimum Gasteiger partial charge on any atom is -0.497 e. The number of hydrogen-bond acceptors (Lipinski definition) is 5. The Hall–Kier alpha value is -2.37. The first-order valence-corrected chi connectivity index (χ1v) is 7.89. The van der Waals surface area contributed by atoms with E-state index in [1.807, 2.05) is 11.6 Å². The molecule has 1 aliphatic carbocycles. The Morgan fingerprint density at radius 3 is 2.91 bits per heavy atom. The molecule has 3 rings (SSSR count). The fourth-order valence-electron chi connectivity index (χ4n) is 3.02. The second kappa shape index (κ2) is 6.81. The third-order valence-electron chi connectivity index (χ3n) is 4.31. The Morgan fingerprint density at radius 2 is 2.17 bits per heavy atom. The molecule has 1 fully saturated rings. The van der Waals surface area contributed by atoms with Crippen LogP contribution in [-0.2, 0) is 11.3 Å². The first kappa shape index (κ1) is 15.5. The third kappa shape index (κ3) is 3.36. The van der Waals surface area contributed by atoms with Crippen molar-refractivity contribution in [3.63, 3.8) is 0 Å². The maximum atomic E-state index is 12.3. The number of pyridine rings is 1. The molecule has 6 nitrogen and oxygen atoms in total. The average molecular weight is 315 g/mol. The summed E-state index contributed by atoms with van der Waals surface area (Å²) in [5.41, 5.74) is 2.05. The van der Waals surface area contributed by atoms with Crippen LogP contribution in [0.2, 0.25) is 0 Å². The molecule has 2 aromatic heterocycles. The van der Waals surface area contributed by atoms with Crippen molar-refractivity contribution in [3.05, 3.63) is 41.5 Å². The third-order valence-corrected chi connectivity index (χ3v) is 4.31. The van der Waals surface area contributed by atoms with Gasteiger partial charge in [0.2, 0.25) is 0 Å². The van der Waals surface area contributed by atoms with E-state index in [4.69, 9.17) is 9.47 Å². The number of hydrogen-bond donors (Lipinski definition) is 0. The van der Waals surface area contributed by atoms with E-state index < -0.39 is 0 Å². The highest BCUT2D eigenvalue weighted by molar-refractivity contribution is 5.90. The Bertz CT molecular complexity index is 690. The van der Waals surface area contributed by atoms with Gasteiger partial charge in [-0.05, 0) is 25.8 Å². The van der Waals surface area contributed by atoms with Gasteiger partial charge in [-0.15, -0.1) is 0 Å². The lowest BCUT2D eigenvalue weighted by molar-refractivity contribution is 0.0466. The van der Waals surface area contributed by atoms with Gasteiger partial charge in [-0.25, -0.2) is 4.79 Å². The average Bonchev–Trinajstić information content (AvgIpc) is 3.22. The number of carbonyl (C=O) groups is 1. The Kier molecular flexibility index (Phi) is 4.60. The summed E-state index contributed by atoms with van der Waals surface area (Å²) >= 11 is 0. The molecule has 6 heteroatoms. The van der Waals surface area contributed by atoms with Crippen LogP contribution in [-0.4, -0.2) is 27.8 Å². The first-order chi connectivity index (χ1) is 11.2. The highest BCUT2D eigenvalue weighted by Crippen LogP contribution is 2.30. The normalized spacial score (nSPS) is 14.9. The topological polar surface area (TPSA) is 66.2 Å². The first-order valence-electron chi connectivity index (χ1n) is 7.89. The van der Waals surface area contributed by atoms with Crippen molar-refractivity contribution in [2.24, 2.45) is 0 Å². The number of aromatic nitrogens is 3. The van der Waals surface area contributed by atoms with Crippen molar-refractivity contribution in [1.29, 1.82) is 0 Å². The molecule has 0 spiro atoms. The van der Waals surface area contributed by atoms with E-state index in [2.05, 4.69) is 10.1 Å². The van der Waals surface area contributed by atoms with Crippen molar-refractivity contribution in [2.45, 2.75) is 45.3 Å². The van der Waals surface area contributed by atoms with Gasteiger partial charge in [0.25, 0.3) is 0 Å². The molecular formula is C17H21N3O3. The van der Waals surface area contributed by atoms with Crippen molar-refractivity contribution >= 4 is 5.97 Å². The van der Waals surface area contributed by atoms with Gasteiger partial charge in [-0.3, -0.25) is 9.67 Å². The second-order valence-electron chi connectivity index (χ2n) is 5.79. The van der Waals surface area contributed by atoms with Crippen molar-refractivity contribution < 1.29 is 14.3 Å². The smallest absolute Gasteiger partial charge is 0.342 e. The minimum atomic E-state index is -0.364. The minimum absolute atomic E-state index is 0.115. The quantitative estimate of drug-likeness (QED) is 0.793.